The molecule has 3 rings (SSSR count). The fourth-order valence-electron chi connectivity index (χ4n) is 2.91. The van der Waals surface area contributed by atoms with Crippen LogP contribution in [0.2, 0.25) is 0 Å². The summed E-state index contributed by atoms with van der Waals surface area (Å²) in [5.74, 6) is 0.438. The second kappa shape index (κ2) is 6.65. The number of nitrogens with zero attached hydrogens (tertiary/aromatic N) is 1. The average molecular weight is 345 g/mol. The predicted molar refractivity (Wildman–Crippen MR) is 90.9 cm³/mol. The number of methoxy groups -OCH3 is 1. The van der Waals surface area contributed by atoms with Crippen LogP contribution in [-0.2, 0) is 9.84 Å². The Morgan fingerprint density at radius 1 is 1.12 bits per heavy atom. The highest BCUT2D eigenvalue weighted by molar-refractivity contribution is 7.92. The molecule has 0 aromatic heterocycles. The smallest absolute Gasteiger partial charge is 0.254 e. The van der Waals surface area contributed by atoms with E-state index in [9.17, 15) is 13.2 Å². The summed E-state index contributed by atoms with van der Waals surface area (Å²) in [5, 5.41) is -0.561. The molecule has 24 heavy (non-hydrogen) atoms. The van der Waals surface area contributed by atoms with Crippen molar-refractivity contribution in [2.24, 2.45) is 0 Å². The monoisotopic (exact) mass is 345 g/mol. The summed E-state index contributed by atoms with van der Waals surface area (Å²) in [4.78, 5) is 14.5. The lowest BCUT2D eigenvalue weighted by molar-refractivity contribution is 0.0793. The maximum Gasteiger partial charge on any atom is 0.254 e. The Balaban J connectivity index is 1.76. The lowest BCUT2D eigenvalue weighted by Gasteiger charge is -2.17. The number of amides is 1. The first kappa shape index (κ1) is 16.5. The van der Waals surface area contributed by atoms with Crippen molar-refractivity contribution in [1.82, 2.24) is 4.90 Å². The van der Waals surface area contributed by atoms with E-state index in [0.717, 1.165) is 0 Å². The first-order chi connectivity index (χ1) is 11.5. The van der Waals surface area contributed by atoms with Crippen molar-refractivity contribution in [2.75, 3.05) is 20.2 Å². The van der Waals surface area contributed by atoms with E-state index in [-0.39, 0.29) is 12.5 Å². The first-order valence-electron chi connectivity index (χ1n) is 7.74. The Labute approximate surface area is 141 Å². The molecule has 1 heterocycles. The van der Waals surface area contributed by atoms with Crippen LogP contribution in [0.4, 0.5) is 0 Å². The van der Waals surface area contributed by atoms with E-state index in [1.165, 1.54) is 0 Å². The molecule has 2 aromatic rings. The number of benzene rings is 2. The van der Waals surface area contributed by atoms with Crippen LogP contribution in [0.5, 0.6) is 5.75 Å². The standard InChI is InChI=1S/C18H19NO4S/c1-23-15-7-5-6-14(12-15)18(20)19-11-10-17(13-19)24(21,22)16-8-3-2-4-9-16/h2-9,12,17H,10-11,13H2,1H3. The van der Waals surface area contributed by atoms with Gasteiger partial charge in [-0.25, -0.2) is 8.42 Å². The molecular weight excluding hydrogens is 326 g/mol. The van der Waals surface area contributed by atoms with Gasteiger partial charge in [0, 0.05) is 18.7 Å². The quantitative estimate of drug-likeness (QED) is 0.853. The molecule has 2 aromatic carbocycles. The number of carbonyl (C=O) groups excluding carboxylic acids is 1. The van der Waals surface area contributed by atoms with Gasteiger partial charge in [0.15, 0.2) is 9.84 Å². The molecule has 1 aliphatic rings. The van der Waals surface area contributed by atoms with Gasteiger partial charge in [0.05, 0.1) is 17.3 Å². The van der Waals surface area contributed by atoms with Gasteiger partial charge in [-0.3, -0.25) is 4.79 Å². The van der Waals surface area contributed by atoms with Gasteiger partial charge in [-0.15, -0.1) is 0 Å². The lowest BCUT2D eigenvalue weighted by atomic mass is 10.2. The molecule has 5 nitrogen and oxygen atoms in total. The summed E-state index contributed by atoms with van der Waals surface area (Å²) in [6.07, 6.45) is 0.451. The Morgan fingerprint density at radius 2 is 1.88 bits per heavy atom. The van der Waals surface area contributed by atoms with Crippen LogP contribution in [0.1, 0.15) is 16.8 Å². The SMILES string of the molecule is COc1cccc(C(=O)N2CCC(S(=O)(=O)c3ccccc3)C2)c1. The number of sulfone groups is 1. The van der Waals surface area contributed by atoms with Crippen LogP contribution in [0.15, 0.2) is 59.5 Å². The number of hydrogen-bond donors (Lipinski definition) is 0. The van der Waals surface area contributed by atoms with Crippen molar-refractivity contribution in [3.63, 3.8) is 0 Å². The van der Waals surface area contributed by atoms with Crippen LogP contribution in [0.3, 0.4) is 0 Å². The van der Waals surface area contributed by atoms with Gasteiger partial charge in [0.1, 0.15) is 5.75 Å². The van der Waals surface area contributed by atoms with Gasteiger partial charge in [0.25, 0.3) is 5.91 Å². The number of ether oxygens (including phenoxy) is 1. The van der Waals surface area contributed by atoms with E-state index in [4.69, 9.17) is 4.74 Å². The fraction of sp³-hybridized carbons (Fsp3) is 0.278. The molecule has 126 valence electrons. The van der Waals surface area contributed by atoms with Gasteiger partial charge in [-0.1, -0.05) is 24.3 Å². The van der Waals surface area contributed by atoms with Crippen molar-refractivity contribution in [3.8, 4) is 5.75 Å². The molecular formula is C18H19NO4S. The lowest BCUT2D eigenvalue weighted by Crippen LogP contribution is -2.31. The summed E-state index contributed by atoms with van der Waals surface area (Å²) in [5.41, 5.74) is 0.507. The summed E-state index contributed by atoms with van der Waals surface area (Å²) in [7, 11) is -1.88. The van der Waals surface area contributed by atoms with E-state index in [0.29, 0.717) is 29.2 Å². The number of hydrogen-bond acceptors (Lipinski definition) is 4. The molecule has 1 atom stereocenters. The van der Waals surface area contributed by atoms with Crippen LogP contribution in [0, 0.1) is 0 Å². The van der Waals surface area contributed by atoms with Crippen LogP contribution in [0.25, 0.3) is 0 Å². The molecule has 6 heteroatoms. The zero-order valence-corrected chi connectivity index (χ0v) is 14.2. The van der Waals surface area contributed by atoms with E-state index in [2.05, 4.69) is 0 Å². The first-order valence-corrected chi connectivity index (χ1v) is 9.29. The van der Waals surface area contributed by atoms with E-state index in [1.807, 2.05) is 0 Å². The van der Waals surface area contributed by atoms with Crippen LogP contribution >= 0.6 is 0 Å². The Hall–Kier alpha value is -2.34. The summed E-state index contributed by atoms with van der Waals surface area (Å²) >= 11 is 0. The van der Waals surface area contributed by atoms with Gasteiger partial charge >= 0.3 is 0 Å². The van der Waals surface area contributed by atoms with Crippen molar-refractivity contribution in [3.05, 3.63) is 60.2 Å². The third kappa shape index (κ3) is 3.14. The van der Waals surface area contributed by atoms with Crippen molar-refractivity contribution >= 4 is 15.7 Å². The van der Waals surface area contributed by atoms with Crippen molar-refractivity contribution < 1.29 is 17.9 Å². The molecule has 0 aliphatic carbocycles. The third-order valence-corrected chi connectivity index (χ3v) is 6.45. The highest BCUT2D eigenvalue weighted by atomic mass is 32.2. The second-order valence-electron chi connectivity index (χ2n) is 5.75. The Bertz CT molecular complexity index is 833. The highest BCUT2D eigenvalue weighted by Crippen LogP contribution is 2.25. The molecule has 1 unspecified atom stereocenters. The maximum atomic E-state index is 12.7. The molecule has 1 aliphatic heterocycles. The molecule has 0 bridgehead atoms. The van der Waals surface area contributed by atoms with Crippen molar-refractivity contribution in [1.29, 1.82) is 0 Å². The largest absolute Gasteiger partial charge is 0.497 e. The van der Waals surface area contributed by atoms with E-state index < -0.39 is 15.1 Å². The van der Waals surface area contributed by atoms with E-state index >= 15 is 0 Å². The molecule has 0 N–H and O–H groups in total. The number of carbonyl (C=O) groups is 1. The maximum absolute atomic E-state index is 12.7. The Morgan fingerprint density at radius 3 is 2.58 bits per heavy atom. The van der Waals surface area contributed by atoms with E-state index in [1.54, 1.807) is 66.6 Å². The highest BCUT2D eigenvalue weighted by Gasteiger charge is 2.36. The molecule has 1 saturated heterocycles. The topological polar surface area (TPSA) is 63.7 Å². The molecule has 0 spiro atoms. The minimum Gasteiger partial charge on any atom is -0.497 e. The Kier molecular flexibility index (Phi) is 4.57. The molecule has 0 saturated carbocycles. The zero-order valence-electron chi connectivity index (χ0n) is 13.4. The van der Waals surface area contributed by atoms with Crippen LogP contribution < -0.4 is 4.74 Å². The summed E-state index contributed by atoms with van der Waals surface area (Å²) < 4.78 is 30.5. The second-order valence-corrected chi connectivity index (χ2v) is 7.98. The minimum absolute atomic E-state index is 0.167. The van der Waals surface area contributed by atoms with Crippen LogP contribution in [-0.4, -0.2) is 44.7 Å². The van der Waals surface area contributed by atoms with Gasteiger partial charge in [-0.05, 0) is 36.8 Å². The predicted octanol–water partition coefficient (Wildman–Crippen LogP) is 2.38. The van der Waals surface area contributed by atoms with Gasteiger partial charge in [-0.2, -0.15) is 0 Å². The van der Waals surface area contributed by atoms with Crippen molar-refractivity contribution in [2.45, 2.75) is 16.6 Å². The molecule has 0 radical (unpaired) electrons. The average Bonchev–Trinajstić information content (AvgIpc) is 3.13. The zero-order chi connectivity index (χ0) is 17.2. The fourth-order valence-corrected chi connectivity index (χ4v) is 4.62. The minimum atomic E-state index is -3.42. The third-order valence-electron chi connectivity index (χ3n) is 4.26. The van der Waals surface area contributed by atoms with Gasteiger partial charge < -0.3 is 9.64 Å². The molecule has 1 amide bonds. The number of likely N-dealkylation sites (tertiary alicyclic amines) is 1. The summed E-state index contributed by atoms with van der Waals surface area (Å²) in [6.45, 7) is 0.653. The normalized spacial score (nSPS) is 17.7. The number of rotatable bonds is 4. The summed E-state index contributed by atoms with van der Waals surface area (Å²) in [6, 6.07) is 15.3. The van der Waals surface area contributed by atoms with Gasteiger partial charge in [0.2, 0.25) is 0 Å². The molecule has 1 fully saturated rings.